The van der Waals surface area contributed by atoms with Gasteiger partial charge in [-0.15, -0.1) is 0 Å². The van der Waals surface area contributed by atoms with Gasteiger partial charge in [0.1, 0.15) is 11.4 Å². The van der Waals surface area contributed by atoms with Gasteiger partial charge in [0.15, 0.2) is 0 Å². The molecule has 152 valence electrons. The maximum Gasteiger partial charge on any atom is 0.270 e. The molecule has 8 heteroatoms. The summed E-state index contributed by atoms with van der Waals surface area (Å²) < 4.78 is 3.53. The molecule has 0 unspecified atom stereocenters. The Hall–Kier alpha value is -3.09. The number of nitrogens with one attached hydrogen (secondary N) is 1. The zero-order chi connectivity index (χ0) is 21.1. The highest BCUT2D eigenvalue weighted by Gasteiger charge is 2.19. The van der Waals surface area contributed by atoms with E-state index < -0.39 is 0 Å². The lowest BCUT2D eigenvalue weighted by Crippen LogP contribution is -2.28. The summed E-state index contributed by atoms with van der Waals surface area (Å²) in [5.41, 5.74) is 3.56. The first-order valence-electron chi connectivity index (χ1n) is 9.38. The second-order valence-electron chi connectivity index (χ2n) is 6.76. The number of benzene rings is 1. The molecule has 0 spiro atoms. The summed E-state index contributed by atoms with van der Waals surface area (Å²) >= 11 is 12.2. The van der Waals surface area contributed by atoms with Gasteiger partial charge in [0.2, 0.25) is 0 Å². The van der Waals surface area contributed by atoms with Crippen LogP contribution in [0.25, 0.3) is 17.1 Å². The molecule has 1 N–H and O–H groups in total. The fourth-order valence-corrected chi connectivity index (χ4v) is 3.44. The van der Waals surface area contributed by atoms with E-state index in [1.54, 1.807) is 35.1 Å². The maximum atomic E-state index is 13.0. The van der Waals surface area contributed by atoms with Gasteiger partial charge in [0.05, 0.1) is 21.4 Å². The second kappa shape index (κ2) is 8.73. The Kier molecular flexibility index (Phi) is 5.88. The predicted molar refractivity (Wildman–Crippen MR) is 118 cm³/mol. The van der Waals surface area contributed by atoms with E-state index in [1.807, 2.05) is 48.1 Å². The van der Waals surface area contributed by atoms with Crippen molar-refractivity contribution in [2.45, 2.75) is 6.42 Å². The fraction of sp³-hybridized carbons (Fsp3) is 0.136. The quantitative estimate of drug-likeness (QED) is 0.479. The molecule has 6 nitrogen and oxygen atoms in total. The van der Waals surface area contributed by atoms with Crippen molar-refractivity contribution in [2.24, 2.45) is 7.05 Å². The number of halogens is 2. The van der Waals surface area contributed by atoms with Crippen LogP contribution in [0.3, 0.4) is 0 Å². The molecule has 3 heterocycles. The maximum absolute atomic E-state index is 13.0. The summed E-state index contributed by atoms with van der Waals surface area (Å²) in [5.74, 6) is -0.232. The second-order valence-corrected chi connectivity index (χ2v) is 7.57. The molecular formula is C22H19Cl2N5O. The van der Waals surface area contributed by atoms with Crippen molar-refractivity contribution in [1.29, 1.82) is 0 Å². The van der Waals surface area contributed by atoms with Crippen molar-refractivity contribution in [3.05, 3.63) is 88.4 Å². The van der Waals surface area contributed by atoms with E-state index in [2.05, 4.69) is 15.4 Å². The van der Waals surface area contributed by atoms with Gasteiger partial charge >= 0.3 is 0 Å². The van der Waals surface area contributed by atoms with Crippen LogP contribution in [0.15, 0.2) is 67.0 Å². The van der Waals surface area contributed by atoms with Crippen molar-refractivity contribution in [2.75, 3.05) is 6.54 Å². The number of amides is 1. The fourth-order valence-electron chi connectivity index (χ4n) is 3.15. The number of aryl methyl sites for hydroxylation is 1. The summed E-state index contributed by atoms with van der Waals surface area (Å²) in [6.45, 7) is 0.460. The Labute approximate surface area is 184 Å². The number of hydrogen-bond donors (Lipinski definition) is 1. The Balaban J connectivity index is 1.64. The van der Waals surface area contributed by atoms with Gasteiger partial charge < -0.3 is 9.88 Å². The van der Waals surface area contributed by atoms with Crippen LogP contribution < -0.4 is 5.32 Å². The summed E-state index contributed by atoms with van der Waals surface area (Å²) in [4.78, 5) is 17.3. The first kappa shape index (κ1) is 20.2. The van der Waals surface area contributed by atoms with Crippen LogP contribution in [0.4, 0.5) is 0 Å². The van der Waals surface area contributed by atoms with Crippen LogP contribution in [-0.2, 0) is 13.5 Å². The molecule has 4 aromatic rings. The largest absolute Gasteiger partial charge is 0.350 e. The first-order valence-corrected chi connectivity index (χ1v) is 10.1. The molecule has 0 aliphatic carbocycles. The van der Waals surface area contributed by atoms with E-state index in [0.717, 1.165) is 11.4 Å². The van der Waals surface area contributed by atoms with Crippen molar-refractivity contribution < 1.29 is 4.79 Å². The molecule has 0 saturated heterocycles. The smallest absolute Gasteiger partial charge is 0.270 e. The topological polar surface area (TPSA) is 64.7 Å². The molecule has 0 saturated carbocycles. The number of pyridine rings is 1. The third-order valence-corrected chi connectivity index (χ3v) is 5.43. The van der Waals surface area contributed by atoms with Gasteiger partial charge in [-0.25, -0.2) is 4.68 Å². The molecule has 1 amide bonds. The SMILES string of the molecule is Cn1cccc1-c1cc(C(=O)NCCc2ccccn2)n(-c2ccc(Cl)c(Cl)c2)n1. The van der Waals surface area contributed by atoms with Crippen molar-refractivity contribution in [1.82, 2.24) is 24.6 Å². The lowest BCUT2D eigenvalue weighted by molar-refractivity contribution is 0.0946. The zero-order valence-corrected chi connectivity index (χ0v) is 17.7. The van der Waals surface area contributed by atoms with Gasteiger partial charge in [0.25, 0.3) is 5.91 Å². The van der Waals surface area contributed by atoms with E-state index in [4.69, 9.17) is 23.2 Å². The summed E-state index contributed by atoms with van der Waals surface area (Å²) in [5, 5.41) is 8.45. The number of carbonyl (C=O) groups excluding carboxylic acids is 1. The summed E-state index contributed by atoms with van der Waals surface area (Å²) in [6.07, 6.45) is 4.31. The monoisotopic (exact) mass is 439 g/mol. The van der Waals surface area contributed by atoms with Crippen molar-refractivity contribution >= 4 is 29.1 Å². The van der Waals surface area contributed by atoms with E-state index in [9.17, 15) is 4.79 Å². The Bertz CT molecular complexity index is 1180. The molecule has 1 aromatic carbocycles. The highest BCUT2D eigenvalue weighted by atomic mass is 35.5. The van der Waals surface area contributed by atoms with E-state index >= 15 is 0 Å². The van der Waals surface area contributed by atoms with Crippen LogP contribution in [0.1, 0.15) is 16.2 Å². The molecule has 4 rings (SSSR count). The average molecular weight is 440 g/mol. The third-order valence-electron chi connectivity index (χ3n) is 4.69. The number of nitrogens with zero attached hydrogens (tertiary/aromatic N) is 4. The summed E-state index contributed by atoms with van der Waals surface area (Å²) in [6, 6.07) is 16.5. The Morgan fingerprint density at radius 3 is 2.63 bits per heavy atom. The standard InChI is InChI=1S/C22H19Cl2N5O/c1-28-12-4-6-20(28)19-14-21(22(30)26-11-9-15-5-2-3-10-25-15)29(27-19)16-7-8-17(23)18(24)13-16/h2-8,10,12-14H,9,11H2,1H3,(H,26,30). The first-order chi connectivity index (χ1) is 14.5. The molecule has 0 bridgehead atoms. The normalized spacial score (nSPS) is 10.9. The van der Waals surface area contributed by atoms with Crippen LogP contribution in [0.2, 0.25) is 10.0 Å². The van der Waals surface area contributed by atoms with Gasteiger partial charge in [-0.3, -0.25) is 9.78 Å². The van der Waals surface area contributed by atoms with Crippen LogP contribution in [0.5, 0.6) is 0 Å². The highest BCUT2D eigenvalue weighted by molar-refractivity contribution is 6.42. The van der Waals surface area contributed by atoms with E-state index in [0.29, 0.717) is 40.1 Å². The lowest BCUT2D eigenvalue weighted by atomic mass is 10.2. The van der Waals surface area contributed by atoms with Crippen LogP contribution in [-0.4, -0.2) is 31.8 Å². The Morgan fingerprint density at radius 2 is 1.93 bits per heavy atom. The minimum Gasteiger partial charge on any atom is -0.350 e. The molecule has 0 radical (unpaired) electrons. The van der Waals surface area contributed by atoms with Gasteiger partial charge in [-0.05, 0) is 48.5 Å². The van der Waals surface area contributed by atoms with Gasteiger partial charge in [-0.2, -0.15) is 5.10 Å². The molecule has 0 atom stereocenters. The molecule has 3 aromatic heterocycles. The van der Waals surface area contributed by atoms with Crippen molar-refractivity contribution in [3.63, 3.8) is 0 Å². The number of rotatable bonds is 6. The highest BCUT2D eigenvalue weighted by Crippen LogP contribution is 2.27. The predicted octanol–water partition coefficient (Wildman–Crippen LogP) is 4.55. The van der Waals surface area contributed by atoms with E-state index in [-0.39, 0.29) is 5.91 Å². The number of carbonyl (C=O) groups is 1. The third kappa shape index (κ3) is 4.25. The molecule has 0 aliphatic heterocycles. The van der Waals surface area contributed by atoms with Crippen LogP contribution >= 0.6 is 23.2 Å². The lowest BCUT2D eigenvalue weighted by Gasteiger charge is -2.09. The Morgan fingerprint density at radius 1 is 1.07 bits per heavy atom. The molecule has 30 heavy (non-hydrogen) atoms. The van der Waals surface area contributed by atoms with Crippen molar-refractivity contribution in [3.8, 4) is 17.1 Å². The summed E-state index contributed by atoms with van der Waals surface area (Å²) in [7, 11) is 1.93. The number of hydrogen-bond acceptors (Lipinski definition) is 3. The van der Waals surface area contributed by atoms with Gasteiger partial charge in [0, 0.05) is 38.1 Å². The minimum atomic E-state index is -0.232. The molecule has 0 fully saturated rings. The zero-order valence-electron chi connectivity index (χ0n) is 16.2. The minimum absolute atomic E-state index is 0.232. The molecular weight excluding hydrogens is 421 g/mol. The molecule has 0 aliphatic rings. The van der Waals surface area contributed by atoms with Crippen LogP contribution in [0, 0.1) is 0 Å². The number of aromatic nitrogens is 4. The average Bonchev–Trinajstić information content (AvgIpc) is 3.37. The van der Waals surface area contributed by atoms with Gasteiger partial charge in [-0.1, -0.05) is 29.3 Å². The van der Waals surface area contributed by atoms with E-state index in [1.165, 1.54) is 0 Å².